The molecule has 4 atom stereocenters. The summed E-state index contributed by atoms with van der Waals surface area (Å²) in [5.74, 6) is -0.454. The molecule has 5 nitrogen and oxygen atoms in total. The Balaban J connectivity index is 1.64. The number of halogens is 1. The van der Waals surface area contributed by atoms with E-state index >= 15 is 0 Å². The van der Waals surface area contributed by atoms with Gasteiger partial charge < -0.3 is 14.8 Å². The first-order chi connectivity index (χ1) is 13.5. The summed E-state index contributed by atoms with van der Waals surface area (Å²) in [4.78, 5) is 11.8. The van der Waals surface area contributed by atoms with Gasteiger partial charge in [0.05, 0.1) is 0 Å². The van der Waals surface area contributed by atoms with Gasteiger partial charge in [0.15, 0.2) is 5.60 Å². The van der Waals surface area contributed by atoms with Crippen LogP contribution < -0.4 is 5.46 Å². The van der Waals surface area contributed by atoms with E-state index < -0.39 is 18.5 Å². The smallest absolute Gasteiger partial charge is 0.423 e. The number of benzene rings is 1. The van der Waals surface area contributed by atoms with Gasteiger partial charge in [-0.2, -0.15) is 4.89 Å². The van der Waals surface area contributed by atoms with Crippen molar-refractivity contribution in [3.8, 4) is 0 Å². The Hall–Kier alpha value is -0.885. The first-order valence-corrected chi connectivity index (χ1v) is 10.7. The van der Waals surface area contributed by atoms with Crippen molar-refractivity contribution in [2.45, 2.75) is 62.8 Å². The van der Waals surface area contributed by atoms with Gasteiger partial charge in [0, 0.05) is 35.0 Å². The van der Waals surface area contributed by atoms with E-state index in [4.69, 9.17) is 26.1 Å². The first kappa shape index (κ1) is 19.1. The van der Waals surface area contributed by atoms with Crippen molar-refractivity contribution in [3.63, 3.8) is 0 Å². The largest absolute Gasteiger partial charge is 0.489 e. The lowest BCUT2D eigenvalue weighted by molar-refractivity contribution is -0.639. The molecular formula is C21H26BClO5. The predicted octanol–water partition coefficient (Wildman–Crippen LogP) is 3.21. The maximum atomic E-state index is 9.73. The number of hydrogen-bond acceptors (Lipinski definition) is 5. The van der Waals surface area contributed by atoms with Gasteiger partial charge in [0.1, 0.15) is 0 Å². The molecule has 1 heterocycles. The molecule has 7 heteroatoms. The van der Waals surface area contributed by atoms with Crippen LogP contribution in [0.4, 0.5) is 0 Å². The summed E-state index contributed by atoms with van der Waals surface area (Å²) < 4.78 is 6.07. The van der Waals surface area contributed by atoms with Crippen molar-refractivity contribution in [2.75, 3.05) is 7.11 Å². The zero-order valence-corrected chi connectivity index (χ0v) is 16.9. The van der Waals surface area contributed by atoms with Crippen molar-refractivity contribution in [2.24, 2.45) is 11.8 Å². The Morgan fingerprint density at radius 3 is 2.68 bits per heavy atom. The van der Waals surface area contributed by atoms with Crippen molar-refractivity contribution in [1.82, 2.24) is 0 Å². The van der Waals surface area contributed by atoms with Gasteiger partial charge in [-0.15, -0.1) is 0 Å². The molecule has 3 aliphatic carbocycles. The Kier molecular flexibility index (Phi) is 4.66. The molecule has 1 aromatic carbocycles. The van der Waals surface area contributed by atoms with E-state index in [-0.39, 0.29) is 11.4 Å². The molecule has 5 rings (SSSR count). The highest BCUT2D eigenvalue weighted by Crippen LogP contribution is 2.66. The molecule has 2 fully saturated rings. The highest BCUT2D eigenvalue weighted by atomic mass is 35.5. The molecular weight excluding hydrogens is 378 g/mol. The lowest BCUT2D eigenvalue weighted by Crippen LogP contribution is -2.74. The average Bonchev–Trinajstić information content (AvgIpc) is 2.68. The van der Waals surface area contributed by atoms with E-state index in [1.807, 2.05) is 6.07 Å². The van der Waals surface area contributed by atoms with Crippen LogP contribution >= 0.6 is 11.6 Å². The van der Waals surface area contributed by atoms with Crippen molar-refractivity contribution >= 4 is 24.2 Å². The number of methoxy groups -OCH3 is 1. The number of ether oxygens (including phenoxy) is 1. The van der Waals surface area contributed by atoms with Gasteiger partial charge in [-0.05, 0) is 51.0 Å². The van der Waals surface area contributed by atoms with E-state index in [2.05, 4.69) is 0 Å². The minimum atomic E-state index is -1.66. The minimum absolute atomic E-state index is 0.250. The molecule has 2 bridgehead atoms. The first-order valence-electron chi connectivity index (χ1n) is 10.3. The van der Waals surface area contributed by atoms with Crippen LogP contribution in [0.15, 0.2) is 29.3 Å². The van der Waals surface area contributed by atoms with Gasteiger partial charge in [-0.3, -0.25) is 0 Å². The van der Waals surface area contributed by atoms with Gasteiger partial charge >= 0.3 is 7.12 Å². The minimum Gasteiger partial charge on any atom is -0.423 e. The monoisotopic (exact) mass is 404 g/mol. The van der Waals surface area contributed by atoms with Crippen LogP contribution in [-0.2, 0) is 20.3 Å². The maximum absolute atomic E-state index is 9.73. The van der Waals surface area contributed by atoms with E-state index in [1.54, 1.807) is 30.4 Å². The third kappa shape index (κ3) is 2.39. The fourth-order valence-corrected chi connectivity index (χ4v) is 6.50. The lowest BCUT2D eigenvalue weighted by Gasteiger charge is -2.65. The molecule has 28 heavy (non-hydrogen) atoms. The Morgan fingerprint density at radius 2 is 1.96 bits per heavy atom. The molecule has 2 N–H and O–H groups in total. The Labute approximate surface area is 170 Å². The van der Waals surface area contributed by atoms with E-state index in [1.165, 1.54) is 25.7 Å². The summed E-state index contributed by atoms with van der Waals surface area (Å²) in [5, 5.41) is 19.8. The van der Waals surface area contributed by atoms with Crippen LogP contribution in [-0.4, -0.2) is 29.9 Å². The molecule has 1 spiro atoms. The second kappa shape index (κ2) is 6.83. The SMILES string of the molecule is COC1(c2ccc(Cl)c(B(O)O)c2)OOC12C1CCCC2C2=C(CCCC2)C1. The maximum Gasteiger partial charge on any atom is 0.489 e. The van der Waals surface area contributed by atoms with Crippen LogP contribution in [0.25, 0.3) is 0 Å². The highest BCUT2D eigenvalue weighted by Gasteiger charge is 2.75. The van der Waals surface area contributed by atoms with Gasteiger partial charge in [0.2, 0.25) is 0 Å². The number of hydrogen-bond donors (Lipinski definition) is 2. The van der Waals surface area contributed by atoms with Gasteiger partial charge in [0.25, 0.3) is 5.79 Å². The zero-order valence-electron chi connectivity index (χ0n) is 16.1. The lowest BCUT2D eigenvalue weighted by atomic mass is 9.53. The second-order valence-electron chi connectivity index (χ2n) is 8.61. The summed E-state index contributed by atoms with van der Waals surface area (Å²) in [5.41, 5.74) is 3.60. The summed E-state index contributed by atoms with van der Waals surface area (Å²) in [6.07, 6.45) is 9.27. The van der Waals surface area contributed by atoms with Crippen molar-refractivity contribution in [3.05, 3.63) is 39.9 Å². The third-order valence-corrected chi connectivity index (χ3v) is 7.81. The van der Waals surface area contributed by atoms with Crippen molar-refractivity contribution in [1.29, 1.82) is 0 Å². The van der Waals surface area contributed by atoms with Crippen molar-refractivity contribution < 1.29 is 24.6 Å². The topological polar surface area (TPSA) is 68.2 Å². The number of rotatable bonds is 3. The fraction of sp³-hybridized carbons (Fsp3) is 0.619. The quantitative estimate of drug-likeness (QED) is 0.460. The molecule has 4 aliphatic rings. The van der Waals surface area contributed by atoms with Crippen LogP contribution in [0.5, 0.6) is 0 Å². The van der Waals surface area contributed by atoms with Crippen LogP contribution in [0, 0.1) is 11.8 Å². The molecule has 0 amide bonds. The summed E-state index contributed by atoms with van der Waals surface area (Å²) in [6.45, 7) is 0. The van der Waals surface area contributed by atoms with E-state index in [9.17, 15) is 10.0 Å². The molecule has 1 saturated carbocycles. The van der Waals surface area contributed by atoms with Crippen LogP contribution in [0.1, 0.15) is 56.9 Å². The zero-order chi connectivity index (χ0) is 19.5. The summed E-state index contributed by atoms with van der Waals surface area (Å²) in [7, 11) is -0.00849. The molecule has 1 saturated heterocycles. The Morgan fingerprint density at radius 1 is 1.14 bits per heavy atom. The van der Waals surface area contributed by atoms with E-state index in [0.29, 0.717) is 10.9 Å². The normalized spacial score (nSPS) is 36.9. The molecule has 0 aromatic heterocycles. The molecule has 4 unspecified atom stereocenters. The summed E-state index contributed by atoms with van der Waals surface area (Å²) >= 11 is 6.17. The average molecular weight is 405 g/mol. The van der Waals surface area contributed by atoms with Crippen LogP contribution in [0.3, 0.4) is 0 Å². The number of allylic oxidation sites excluding steroid dienone is 1. The standard InChI is InChI=1S/C21H26BClO5/c1-26-21(15-9-10-19(23)18(12-15)22(24)25)20(27-28-21)14-6-4-8-17(20)16-7-3-2-5-13(16)11-14/h9-10,12,14,17,24-25H,2-8,11H2,1H3. The molecule has 1 aliphatic heterocycles. The number of fused-ring (bicyclic) bond motifs is 1. The molecule has 1 aromatic rings. The van der Waals surface area contributed by atoms with E-state index in [0.717, 1.165) is 31.2 Å². The Bertz CT molecular complexity index is 823. The highest BCUT2D eigenvalue weighted by molar-refractivity contribution is 6.62. The van der Waals surface area contributed by atoms with Gasteiger partial charge in [-0.1, -0.05) is 41.3 Å². The predicted molar refractivity (Wildman–Crippen MR) is 106 cm³/mol. The third-order valence-electron chi connectivity index (χ3n) is 7.46. The van der Waals surface area contributed by atoms with Gasteiger partial charge in [-0.25, -0.2) is 4.89 Å². The molecule has 0 radical (unpaired) electrons. The fourth-order valence-electron chi connectivity index (χ4n) is 6.28. The second-order valence-corrected chi connectivity index (χ2v) is 9.02. The van der Waals surface area contributed by atoms with Crippen LogP contribution in [0.2, 0.25) is 5.02 Å². The summed E-state index contributed by atoms with van der Waals surface area (Å²) in [6, 6.07) is 5.20. The molecule has 150 valence electrons.